The third kappa shape index (κ3) is 4.44. The molecular formula is C20H27N3O2S. The Labute approximate surface area is 159 Å². The first kappa shape index (κ1) is 18.9. The number of piperazine rings is 1. The second kappa shape index (κ2) is 8.66. The fourth-order valence-corrected chi connectivity index (χ4v) is 4.38. The number of ether oxygens (including phenoxy) is 1. The third-order valence-electron chi connectivity index (χ3n) is 4.95. The summed E-state index contributed by atoms with van der Waals surface area (Å²) < 4.78 is 5.16. The lowest BCUT2D eigenvalue weighted by Crippen LogP contribution is -2.51. The van der Waals surface area contributed by atoms with Crippen molar-refractivity contribution in [2.75, 3.05) is 40.3 Å². The number of carbonyl (C=O) groups is 1. The minimum Gasteiger partial charge on any atom is -0.497 e. The van der Waals surface area contributed by atoms with E-state index in [4.69, 9.17) is 4.74 Å². The Morgan fingerprint density at radius 3 is 2.42 bits per heavy atom. The molecule has 0 saturated carbocycles. The van der Waals surface area contributed by atoms with Crippen LogP contribution in [0.15, 0.2) is 41.8 Å². The summed E-state index contributed by atoms with van der Waals surface area (Å²) in [6.07, 6.45) is 0. The maximum atomic E-state index is 12.7. The molecule has 2 heterocycles. The van der Waals surface area contributed by atoms with Crippen LogP contribution in [0.5, 0.6) is 5.75 Å². The van der Waals surface area contributed by atoms with Crippen molar-refractivity contribution < 1.29 is 9.53 Å². The van der Waals surface area contributed by atoms with Crippen LogP contribution in [-0.4, -0.2) is 62.1 Å². The topological polar surface area (TPSA) is 44.8 Å². The first-order valence-corrected chi connectivity index (χ1v) is 9.87. The second-order valence-electron chi connectivity index (χ2n) is 6.79. The van der Waals surface area contributed by atoms with Crippen LogP contribution in [0, 0.1) is 0 Å². The van der Waals surface area contributed by atoms with Crippen molar-refractivity contribution in [2.45, 2.75) is 19.0 Å². The SMILES string of the molecule is COc1ccc(C(=O)N[C@@H](C)[C@H](c2cccs2)N2CCN(C)CC2)cc1. The summed E-state index contributed by atoms with van der Waals surface area (Å²) in [5, 5.41) is 5.31. The van der Waals surface area contributed by atoms with E-state index in [9.17, 15) is 4.79 Å². The fraction of sp³-hybridized carbons (Fsp3) is 0.450. The highest BCUT2D eigenvalue weighted by atomic mass is 32.1. The lowest BCUT2D eigenvalue weighted by Gasteiger charge is -2.40. The van der Waals surface area contributed by atoms with E-state index in [2.05, 4.69) is 46.6 Å². The molecular weight excluding hydrogens is 346 g/mol. The van der Waals surface area contributed by atoms with Crippen LogP contribution in [0.2, 0.25) is 0 Å². The smallest absolute Gasteiger partial charge is 0.251 e. The molecule has 1 aliphatic rings. The predicted molar refractivity (Wildman–Crippen MR) is 106 cm³/mol. The third-order valence-corrected chi connectivity index (χ3v) is 5.89. The van der Waals surface area contributed by atoms with Crippen LogP contribution < -0.4 is 10.1 Å². The number of amides is 1. The quantitative estimate of drug-likeness (QED) is 0.846. The van der Waals surface area contributed by atoms with Crippen LogP contribution in [-0.2, 0) is 0 Å². The van der Waals surface area contributed by atoms with E-state index in [1.54, 1.807) is 30.6 Å². The lowest BCUT2D eigenvalue weighted by atomic mass is 10.0. The molecule has 26 heavy (non-hydrogen) atoms. The summed E-state index contributed by atoms with van der Waals surface area (Å²) >= 11 is 1.76. The van der Waals surface area contributed by atoms with Gasteiger partial charge in [0, 0.05) is 42.7 Å². The van der Waals surface area contributed by atoms with Gasteiger partial charge in [-0.05, 0) is 49.7 Å². The van der Waals surface area contributed by atoms with Crippen LogP contribution in [0.25, 0.3) is 0 Å². The molecule has 2 atom stereocenters. The van der Waals surface area contributed by atoms with Gasteiger partial charge in [-0.25, -0.2) is 0 Å². The van der Waals surface area contributed by atoms with Crippen molar-refractivity contribution in [2.24, 2.45) is 0 Å². The number of likely N-dealkylation sites (N-methyl/N-ethyl adjacent to an activating group) is 1. The van der Waals surface area contributed by atoms with Crippen LogP contribution >= 0.6 is 11.3 Å². The summed E-state index contributed by atoms with van der Waals surface area (Å²) in [5.41, 5.74) is 0.654. The molecule has 1 amide bonds. The van der Waals surface area contributed by atoms with Gasteiger partial charge in [0.15, 0.2) is 0 Å². The largest absolute Gasteiger partial charge is 0.497 e. The minimum atomic E-state index is -0.0455. The zero-order valence-electron chi connectivity index (χ0n) is 15.6. The van der Waals surface area contributed by atoms with Crippen molar-refractivity contribution >= 4 is 17.2 Å². The number of hydrogen-bond acceptors (Lipinski definition) is 5. The number of rotatable bonds is 6. The Hall–Kier alpha value is -1.89. The molecule has 5 nitrogen and oxygen atoms in total. The molecule has 0 aliphatic carbocycles. The average Bonchev–Trinajstić information content (AvgIpc) is 3.17. The van der Waals surface area contributed by atoms with Gasteiger partial charge in [-0.15, -0.1) is 11.3 Å². The van der Waals surface area contributed by atoms with Crippen molar-refractivity contribution in [3.05, 3.63) is 52.2 Å². The van der Waals surface area contributed by atoms with Gasteiger partial charge >= 0.3 is 0 Å². The monoisotopic (exact) mass is 373 g/mol. The van der Waals surface area contributed by atoms with E-state index in [1.165, 1.54) is 4.88 Å². The van der Waals surface area contributed by atoms with Gasteiger partial charge in [0.2, 0.25) is 0 Å². The van der Waals surface area contributed by atoms with Crippen molar-refractivity contribution in [3.8, 4) is 5.75 Å². The van der Waals surface area contributed by atoms with Crippen LogP contribution in [0.1, 0.15) is 28.2 Å². The molecule has 3 rings (SSSR count). The Kier molecular flexibility index (Phi) is 6.29. The van der Waals surface area contributed by atoms with Gasteiger partial charge in [-0.2, -0.15) is 0 Å². The lowest BCUT2D eigenvalue weighted by molar-refractivity contribution is 0.0799. The maximum absolute atomic E-state index is 12.7. The Morgan fingerprint density at radius 1 is 1.15 bits per heavy atom. The van der Waals surface area contributed by atoms with E-state index in [1.807, 2.05) is 12.1 Å². The van der Waals surface area contributed by atoms with Crippen LogP contribution in [0.3, 0.4) is 0 Å². The summed E-state index contributed by atoms with van der Waals surface area (Å²) in [6, 6.07) is 11.7. The molecule has 1 aliphatic heterocycles. The minimum absolute atomic E-state index is 0.0201. The van der Waals surface area contributed by atoms with Crippen molar-refractivity contribution in [1.29, 1.82) is 0 Å². The standard InChI is InChI=1S/C20H27N3O2S/c1-15(21-20(24)16-6-8-17(25-3)9-7-16)19(18-5-4-14-26-18)23-12-10-22(2)11-13-23/h4-9,14-15,19H,10-13H2,1-3H3,(H,21,24)/t15-,19+/m0/s1. The molecule has 1 aromatic carbocycles. The van der Waals surface area contributed by atoms with E-state index >= 15 is 0 Å². The van der Waals surface area contributed by atoms with Gasteiger partial charge in [-0.3, -0.25) is 9.69 Å². The summed E-state index contributed by atoms with van der Waals surface area (Å²) in [7, 11) is 3.78. The Balaban J connectivity index is 1.72. The van der Waals surface area contributed by atoms with Gasteiger partial charge in [0.25, 0.3) is 5.91 Å². The molecule has 0 spiro atoms. The Morgan fingerprint density at radius 2 is 1.85 bits per heavy atom. The van der Waals surface area contributed by atoms with E-state index in [0.29, 0.717) is 5.56 Å². The molecule has 1 N–H and O–H groups in total. The number of nitrogens with zero attached hydrogens (tertiary/aromatic N) is 2. The first-order chi connectivity index (χ1) is 12.6. The van der Waals surface area contributed by atoms with E-state index < -0.39 is 0 Å². The van der Waals surface area contributed by atoms with Gasteiger partial charge in [0.1, 0.15) is 5.75 Å². The normalized spacial score (nSPS) is 18.3. The summed E-state index contributed by atoms with van der Waals surface area (Å²) in [6.45, 7) is 6.25. The predicted octanol–water partition coefficient (Wildman–Crippen LogP) is 2.86. The van der Waals surface area contributed by atoms with E-state index in [0.717, 1.165) is 31.9 Å². The summed E-state index contributed by atoms with van der Waals surface area (Å²) in [4.78, 5) is 18.8. The highest BCUT2D eigenvalue weighted by Gasteiger charge is 2.30. The van der Waals surface area contributed by atoms with Gasteiger partial charge < -0.3 is 15.0 Å². The highest BCUT2D eigenvalue weighted by Crippen LogP contribution is 2.29. The fourth-order valence-electron chi connectivity index (χ4n) is 3.41. The Bertz CT molecular complexity index is 694. The molecule has 0 radical (unpaired) electrons. The molecule has 0 unspecified atom stereocenters. The molecule has 2 aromatic rings. The number of methoxy groups -OCH3 is 1. The van der Waals surface area contributed by atoms with Crippen molar-refractivity contribution in [3.63, 3.8) is 0 Å². The highest BCUT2D eigenvalue weighted by molar-refractivity contribution is 7.10. The number of hydrogen-bond donors (Lipinski definition) is 1. The number of nitrogens with one attached hydrogen (secondary N) is 1. The molecule has 0 bridgehead atoms. The maximum Gasteiger partial charge on any atom is 0.251 e. The average molecular weight is 374 g/mol. The zero-order valence-corrected chi connectivity index (χ0v) is 16.5. The van der Waals surface area contributed by atoms with E-state index in [-0.39, 0.29) is 18.0 Å². The van der Waals surface area contributed by atoms with Crippen LogP contribution in [0.4, 0.5) is 0 Å². The molecule has 1 fully saturated rings. The molecule has 1 aromatic heterocycles. The van der Waals surface area contributed by atoms with Gasteiger partial charge in [-0.1, -0.05) is 6.07 Å². The molecule has 140 valence electrons. The number of carbonyl (C=O) groups excluding carboxylic acids is 1. The second-order valence-corrected chi connectivity index (χ2v) is 7.77. The zero-order chi connectivity index (χ0) is 18.5. The first-order valence-electron chi connectivity index (χ1n) is 8.99. The summed E-state index contributed by atoms with van der Waals surface area (Å²) in [5.74, 6) is 0.708. The van der Waals surface area contributed by atoms with Crippen molar-refractivity contribution in [1.82, 2.24) is 15.1 Å². The molecule has 1 saturated heterocycles. The number of thiophene rings is 1. The van der Waals surface area contributed by atoms with Gasteiger partial charge in [0.05, 0.1) is 13.2 Å². The molecule has 6 heteroatoms. The number of benzene rings is 1.